The molecule has 0 amide bonds. The molecule has 3 nitrogen and oxygen atoms in total. The fourth-order valence-electron chi connectivity index (χ4n) is 1.41. The molecule has 16 heavy (non-hydrogen) atoms. The van der Waals surface area contributed by atoms with E-state index in [1.807, 2.05) is 30.3 Å². The quantitative estimate of drug-likeness (QED) is 0.720. The molecule has 2 N–H and O–H groups in total. The first-order chi connectivity index (χ1) is 7.74. The van der Waals surface area contributed by atoms with Gasteiger partial charge in [0.1, 0.15) is 12.4 Å². The van der Waals surface area contributed by atoms with Crippen molar-refractivity contribution in [3.8, 4) is 5.75 Å². The molecule has 1 atom stereocenters. The molecule has 1 aromatic carbocycles. The first kappa shape index (κ1) is 13.0. The average molecular weight is 223 g/mol. The van der Waals surface area contributed by atoms with Gasteiger partial charge in [0.15, 0.2) is 0 Å². The number of hydrogen-bond donors (Lipinski definition) is 1. The molecule has 0 fully saturated rings. The fourth-order valence-corrected chi connectivity index (χ4v) is 1.41. The lowest BCUT2D eigenvalue weighted by molar-refractivity contribution is 0.0129. The van der Waals surface area contributed by atoms with E-state index in [1.165, 1.54) is 0 Å². The van der Waals surface area contributed by atoms with Crippen molar-refractivity contribution in [2.24, 2.45) is 11.7 Å². The van der Waals surface area contributed by atoms with Gasteiger partial charge < -0.3 is 15.2 Å². The zero-order valence-corrected chi connectivity index (χ0v) is 10.1. The summed E-state index contributed by atoms with van der Waals surface area (Å²) in [6.07, 6.45) is 0.124. The van der Waals surface area contributed by atoms with Crippen molar-refractivity contribution in [3.63, 3.8) is 0 Å². The minimum atomic E-state index is 0.124. The van der Waals surface area contributed by atoms with Gasteiger partial charge >= 0.3 is 0 Å². The predicted octanol–water partition coefficient (Wildman–Crippen LogP) is 2.07. The summed E-state index contributed by atoms with van der Waals surface area (Å²) in [5, 5.41) is 0. The van der Waals surface area contributed by atoms with E-state index in [4.69, 9.17) is 15.2 Å². The van der Waals surface area contributed by atoms with E-state index in [2.05, 4.69) is 13.8 Å². The van der Waals surface area contributed by atoms with E-state index in [9.17, 15) is 0 Å². The molecule has 1 unspecified atom stereocenters. The standard InChI is InChI=1S/C13H21NO2/c1-11(2)13(10-14)16-9-8-15-12-6-4-3-5-7-12/h3-7,11,13H,8-10,14H2,1-2H3. The van der Waals surface area contributed by atoms with E-state index < -0.39 is 0 Å². The first-order valence-electron chi connectivity index (χ1n) is 5.73. The van der Waals surface area contributed by atoms with Gasteiger partial charge in [-0.3, -0.25) is 0 Å². The van der Waals surface area contributed by atoms with Gasteiger partial charge in [-0.05, 0) is 18.1 Å². The fraction of sp³-hybridized carbons (Fsp3) is 0.538. The molecule has 0 aliphatic carbocycles. The van der Waals surface area contributed by atoms with Gasteiger partial charge in [-0.15, -0.1) is 0 Å². The molecular weight excluding hydrogens is 202 g/mol. The molecule has 0 aromatic heterocycles. The van der Waals surface area contributed by atoms with Crippen molar-refractivity contribution in [3.05, 3.63) is 30.3 Å². The van der Waals surface area contributed by atoms with E-state index in [1.54, 1.807) is 0 Å². The Morgan fingerprint density at radius 1 is 1.12 bits per heavy atom. The largest absolute Gasteiger partial charge is 0.491 e. The first-order valence-corrected chi connectivity index (χ1v) is 5.73. The van der Waals surface area contributed by atoms with Crippen molar-refractivity contribution in [2.45, 2.75) is 20.0 Å². The zero-order valence-electron chi connectivity index (χ0n) is 10.1. The molecule has 0 aliphatic heterocycles. The van der Waals surface area contributed by atoms with Gasteiger partial charge in [0.2, 0.25) is 0 Å². The van der Waals surface area contributed by atoms with Crippen molar-refractivity contribution in [1.82, 2.24) is 0 Å². The van der Waals surface area contributed by atoms with Crippen LogP contribution in [0.1, 0.15) is 13.8 Å². The number of hydrogen-bond acceptors (Lipinski definition) is 3. The Kier molecular flexibility index (Phi) is 5.90. The smallest absolute Gasteiger partial charge is 0.119 e. The van der Waals surface area contributed by atoms with E-state index in [-0.39, 0.29) is 6.10 Å². The van der Waals surface area contributed by atoms with E-state index in [0.29, 0.717) is 25.7 Å². The van der Waals surface area contributed by atoms with Crippen LogP contribution in [0.4, 0.5) is 0 Å². The Hall–Kier alpha value is -1.06. The Morgan fingerprint density at radius 2 is 1.81 bits per heavy atom. The lowest BCUT2D eigenvalue weighted by Crippen LogP contribution is -2.30. The van der Waals surface area contributed by atoms with E-state index in [0.717, 1.165) is 5.75 Å². The topological polar surface area (TPSA) is 44.5 Å². The maximum absolute atomic E-state index is 5.62. The number of ether oxygens (including phenoxy) is 2. The third-order valence-electron chi connectivity index (χ3n) is 2.40. The maximum atomic E-state index is 5.62. The highest BCUT2D eigenvalue weighted by Crippen LogP contribution is 2.08. The minimum absolute atomic E-state index is 0.124. The summed E-state index contributed by atoms with van der Waals surface area (Å²) in [5.41, 5.74) is 5.60. The van der Waals surface area contributed by atoms with Crippen LogP contribution in [0.2, 0.25) is 0 Å². The lowest BCUT2D eigenvalue weighted by atomic mass is 10.1. The maximum Gasteiger partial charge on any atom is 0.119 e. The van der Waals surface area contributed by atoms with Crippen LogP contribution in [0.15, 0.2) is 30.3 Å². The Bertz CT molecular complexity index is 275. The Labute approximate surface area is 97.6 Å². The van der Waals surface area contributed by atoms with Crippen molar-refractivity contribution >= 4 is 0 Å². The number of rotatable bonds is 7. The number of benzene rings is 1. The molecular formula is C13H21NO2. The Balaban J connectivity index is 2.16. The summed E-state index contributed by atoms with van der Waals surface area (Å²) in [7, 11) is 0. The second-order valence-electron chi connectivity index (χ2n) is 4.05. The van der Waals surface area contributed by atoms with Gasteiger partial charge in [-0.1, -0.05) is 32.0 Å². The summed E-state index contributed by atoms with van der Waals surface area (Å²) < 4.78 is 11.1. The third kappa shape index (κ3) is 4.64. The molecule has 0 spiro atoms. The zero-order chi connectivity index (χ0) is 11.8. The summed E-state index contributed by atoms with van der Waals surface area (Å²) in [4.78, 5) is 0. The van der Waals surface area contributed by atoms with Crippen LogP contribution >= 0.6 is 0 Å². The molecule has 1 rings (SSSR count). The number of para-hydroxylation sites is 1. The average Bonchev–Trinajstić information content (AvgIpc) is 2.30. The summed E-state index contributed by atoms with van der Waals surface area (Å²) in [6, 6.07) is 9.73. The highest BCUT2D eigenvalue weighted by Gasteiger charge is 2.10. The molecule has 90 valence electrons. The molecule has 0 aliphatic rings. The van der Waals surface area contributed by atoms with Crippen molar-refractivity contribution in [2.75, 3.05) is 19.8 Å². The summed E-state index contributed by atoms with van der Waals surface area (Å²) >= 11 is 0. The van der Waals surface area contributed by atoms with Crippen LogP contribution in [0.25, 0.3) is 0 Å². The van der Waals surface area contributed by atoms with Gasteiger partial charge in [0, 0.05) is 6.54 Å². The van der Waals surface area contributed by atoms with E-state index >= 15 is 0 Å². The van der Waals surface area contributed by atoms with Gasteiger partial charge in [-0.25, -0.2) is 0 Å². The lowest BCUT2D eigenvalue weighted by Gasteiger charge is -2.19. The molecule has 0 bridgehead atoms. The van der Waals surface area contributed by atoms with Gasteiger partial charge in [-0.2, -0.15) is 0 Å². The highest BCUT2D eigenvalue weighted by atomic mass is 16.5. The SMILES string of the molecule is CC(C)C(CN)OCCOc1ccccc1. The van der Waals surface area contributed by atoms with Crippen molar-refractivity contribution < 1.29 is 9.47 Å². The third-order valence-corrected chi connectivity index (χ3v) is 2.40. The van der Waals surface area contributed by atoms with Crippen LogP contribution < -0.4 is 10.5 Å². The second-order valence-corrected chi connectivity index (χ2v) is 4.05. The highest BCUT2D eigenvalue weighted by molar-refractivity contribution is 5.20. The molecule has 0 heterocycles. The van der Waals surface area contributed by atoms with Crippen LogP contribution in [0, 0.1) is 5.92 Å². The second kappa shape index (κ2) is 7.25. The van der Waals surface area contributed by atoms with Crippen LogP contribution in [-0.4, -0.2) is 25.9 Å². The number of nitrogens with two attached hydrogens (primary N) is 1. The molecule has 0 saturated heterocycles. The monoisotopic (exact) mass is 223 g/mol. The normalized spacial score (nSPS) is 12.8. The van der Waals surface area contributed by atoms with Gasteiger partial charge in [0.05, 0.1) is 12.7 Å². The predicted molar refractivity (Wildman–Crippen MR) is 65.6 cm³/mol. The molecule has 3 heteroatoms. The molecule has 0 radical (unpaired) electrons. The molecule has 1 aromatic rings. The summed E-state index contributed by atoms with van der Waals surface area (Å²) in [6.45, 7) is 5.91. The van der Waals surface area contributed by atoms with Crippen LogP contribution in [0.3, 0.4) is 0 Å². The van der Waals surface area contributed by atoms with Crippen LogP contribution in [0.5, 0.6) is 5.75 Å². The van der Waals surface area contributed by atoms with Gasteiger partial charge in [0.25, 0.3) is 0 Å². The minimum Gasteiger partial charge on any atom is -0.491 e. The van der Waals surface area contributed by atoms with Crippen molar-refractivity contribution in [1.29, 1.82) is 0 Å². The summed E-state index contributed by atoms with van der Waals surface area (Å²) in [5.74, 6) is 1.32. The van der Waals surface area contributed by atoms with Crippen LogP contribution in [-0.2, 0) is 4.74 Å². The molecule has 0 saturated carbocycles. The Morgan fingerprint density at radius 3 is 2.38 bits per heavy atom.